The van der Waals surface area contributed by atoms with E-state index in [1.807, 2.05) is 12.1 Å². The molecule has 0 fully saturated rings. The molecule has 0 amide bonds. The van der Waals surface area contributed by atoms with Crippen LogP contribution in [0.15, 0.2) is 45.6 Å². The lowest BCUT2D eigenvalue weighted by Gasteiger charge is -2.08. The van der Waals surface area contributed by atoms with Gasteiger partial charge in [-0.3, -0.25) is 9.78 Å². The highest BCUT2D eigenvalue weighted by atomic mass is 79.9. The van der Waals surface area contributed by atoms with Crippen molar-refractivity contribution in [1.82, 2.24) is 4.98 Å². The van der Waals surface area contributed by atoms with Gasteiger partial charge in [-0.2, -0.15) is 0 Å². The van der Waals surface area contributed by atoms with Crippen LogP contribution in [0.3, 0.4) is 0 Å². The van der Waals surface area contributed by atoms with E-state index in [0.29, 0.717) is 17.7 Å². The average molecular weight is 385 g/mol. The predicted molar refractivity (Wildman–Crippen MR) is 80.7 cm³/mol. The van der Waals surface area contributed by atoms with Crippen molar-refractivity contribution < 1.29 is 9.53 Å². The van der Waals surface area contributed by atoms with E-state index in [1.54, 1.807) is 31.6 Å². The second-order valence-corrected chi connectivity index (χ2v) is 5.79. The molecule has 19 heavy (non-hydrogen) atoms. The van der Waals surface area contributed by atoms with Crippen LogP contribution in [0.2, 0.25) is 0 Å². The van der Waals surface area contributed by atoms with E-state index >= 15 is 0 Å². The van der Waals surface area contributed by atoms with Gasteiger partial charge in [0.2, 0.25) is 0 Å². The Morgan fingerprint density at radius 3 is 2.68 bits per heavy atom. The number of hydrogen-bond acceptors (Lipinski definition) is 3. The van der Waals surface area contributed by atoms with Gasteiger partial charge in [0, 0.05) is 27.8 Å². The molecule has 1 aromatic heterocycles. The van der Waals surface area contributed by atoms with Gasteiger partial charge in [-0.25, -0.2) is 0 Å². The van der Waals surface area contributed by atoms with Crippen molar-refractivity contribution in [1.29, 1.82) is 0 Å². The second-order valence-electron chi connectivity index (χ2n) is 3.96. The van der Waals surface area contributed by atoms with Gasteiger partial charge in [0.15, 0.2) is 5.78 Å². The molecule has 2 rings (SSSR count). The highest BCUT2D eigenvalue weighted by Crippen LogP contribution is 2.25. The molecule has 0 N–H and O–H groups in total. The zero-order valence-corrected chi connectivity index (χ0v) is 13.4. The Labute approximate surface area is 128 Å². The standard InChI is InChI=1S/C14H11Br2NO2/c1-19-14-6-10(15)2-3-12(14)13(18)5-9-4-11(16)8-17-7-9/h2-4,6-8H,5H2,1H3. The van der Waals surface area contributed by atoms with Crippen molar-refractivity contribution in [2.75, 3.05) is 7.11 Å². The van der Waals surface area contributed by atoms with Crippen LogP contribution in [0.25, 0.3) is 0 Å². The topological polar surface area (TPSA) is 39.2 Å². The number of rotatable bonds is 4. The molecular formula is C14H11Br2NO2. The zero-order chi connectivity index (χ0) is 13.8. The van der Waals surface area contributed by atoms with Crippen LogP contribution < -0.4 is 4.74 Å². The number of carbonyl (C=O) groups is 1. The summed E-state index contributed by atoms with van der Waals surface area (Å²) in [5.41, 5.74) is 1.44. The molecule has 0 aliphatic heterocycles. The summed E-state index contributed by atoms with van der Waals surface area (Å²) < 4.78 is 6.97. The molecule has 3 nitrogen and oxygen atoms in total. The van der Waals surface area contributed by atoms with Crippen LogP contribution >= 0.6 is 31.9 Å². The number of methoxy groups -OCH3 is 1. The molecule has 2 aromatic rings. The molecule has 0 bridgehead atoms. The van der Waals surface area contributed by atoms with Crippen LogP contribution in [0.1, 0.15) is 15.9 Å². The molecule has 0 saturated carbocycles. The Hall–Kier alpha value is -1.20. The van der Waals surface area contributed by atoms with E-state index in [0.717, 1.165) is 14.5 Å². The van der Waals surface area contributed by atoms with Crippen molar-refractivity contribution >= 4 is 37.6 Å². The summed E-state index contributed by atoms with van der Waals surface area (Å²) in [6, 6.07) is 7.26. The van der Waals surface area contributed by atoms with Crippen molar-refractivity contribution in [2.45, 2.75) is 6.42 Å². The van der Waals surface area contributed by atoms with E-state index in [9.17, 15) is 4.79 Å². The number of hydrogen-bond donors (Lipinski definition) is 0. The van der Waals surface area contributed by atoms with Gasteiger partial charge in [-0.1, -0.05) is 15.9 Å². The van der Waals surface area contributed by atoms with Crippen molar-refractivity contribution in [3.63, 3.8) is 0 Å². The zero-order valence-electron chi connectivity index (χ0n) is 10.2. The number of Topliss-reactive ketones (excluding diaryl/α,β-unsaturated/α-hetero) is 1. The summed E-state index contributed by atoms with van der Waals surface area (Å²) in [5, 5.41) is 0. The summed E-state index contributed by atoms with van der Waals surface area (Å²) in [6.45, 7) is 0. The first-order chi connectivity index (χ1) is 9.10. The first-order valence-corrected chi connectivity index (χ1v) is 7.15. The van der Waals surface area contributed by atoms with Crippen LogP contribution in [-0.4, -0.2) is 17.9 Å². The van der Waals surface area contributed by atoms with Gasteiger partial charge in [-0.15, -0.1) is 0 Å². The van der Waals surface area contributed by atoms with Crippen LogP contribution in [0.4, 0.5) is 0 Å². The molecule has 1 heterocycles. The molecule has 5 heteroatoms. The minimum absolute atomic E-state index is 0.00394. The number of benzene rings is 1. The SMILES string of the molecule is COc1cc(Br)ccc1C(=O)Cc1cncc(Br)c1. The Kier molecular flexibility index (Phi) is 4.71. The second kappa shape index (κ2) is 6.30. The lowest BCUT2D eigenvalue weighted by molar-refractivity contribution is 0.0990. The molecule has 0 atom stereocenters. The molecule has 0 spiro atoms. The van der Waals surface area contributed by atoms with Crippen molar-refractivity contribution in [2.24, 2.45) is 0 Å². The maximum Gasteiger partial charge on any atom is 0.171 e. The van der Waals surface area contributed by atoms with E-state index in [-0.39, 0.29) is 5.78 Å². The Morgan fingerprint density at radius 1 is 1.21 bits per heavy atom. The molecule has 0 unspecified atom stereocenters. The van der Waals surface area contributed by atoms with E-state index in [1.165, 1.54) is 0 Å². The highest BCUT2D eigenvalue weighted by molar-refractivity contribution is 9.10. The van der Waals surface area contributed by atoms with Crippen LogP contribution in [0, 0.1) is 0 Å². The summed E-state index contributed by atoms with van der Waals surface area (Å²) in [5.74, 6) is 0.576. The molecular weight excluding hydrogens is 374 g/mol. The largest absolute Gasteiger partial charge is 0.496 e. The fourth-order valence-electron chi connectivity index (χ4n) is 1.73. The van der Waals surface area contributed by atoms with Gasteiger partial charge < -0.3 is 4.74 Å². The summed E-state index contributed by atoms with van der Waals surface area (Å²) >= 11 is 6.70. The highest BCUT2D eigenvalue weighted by Gasteiger charge is 2.13. The van der Waals surface area contributed by atoms with E-state index in [4.69, 9.17) is 4.74 Å². The van der Waals surface area contributed by atoms with Gasteiger partial charge in [0.1, 0.15) is 5.75 Å². The van der Waals surface area contributed by atoms with Crippen LogP contribution in [0.5, 0.6) is 5.75 Å². The maximum atomic E-state index is 12.3. The number of nitrogens with zero attached hydrogens (tertiary/aromatic N) is 1. The lowest BCUT2D eigenvalue weighted by atomic mass is 10.0. The van der Waals surface area contributed by atoms with Gasteiger partial charge >= 0.3 is 0 Å². The van der Waals surface area contributed by atoms with Crippen molar-refractivity contribution in [3.8, 4) is 5.75 Å². The molecule has 0 aliphatic rings. The van der Waals surface area contributed by atoms with Crippen molar-refractivity contribution in [3.05, 3.63) is 56.7 Å². The number of ketones is 1. The summed E-state index contributed by atoms with van der Waals surface area (Å²) in [6.07, 6.45) is 3.67. The Balaban J connectivity index is 2.25. The monoisotopic (exact) mass is 383 g/mol. The third kappa shape index (κ3) is 3.64. The number of ether oxygens (including phenoxy) is 1. The molecule has 1 aromatic carbocycles. The molecule has 0 saturated heterocycles. The van der Waals surface area contributed by atoms with Gasteiger partial charge in [0.05, 0.1) is 12.7 Å². The fraction of sp³-hybridized carbons (Fsp3) is 0.143. The Bertz CT molecular complexity index is 614. The number of halogens is 2. The van der Waals surface area contributed by atoms with Crippen LogP contribution in [-0.2, 0) is 6.42 Å². The normalized spacial score (nSPS) is 10.3. The maximum absolute atomic E-state index is 12.3. The quantitative estimate of drug-likeness (QED) is 0.746. The minimum atomic E-state index is 0.00394. The average Bonchev–Trinajstić information content (AvgIpc) is 2.38. The summed E-state index contributed by atoms with van der Waals surface area (Å²) in [7, 11) is 1.55. The summed E-state index contributed by atoms with van der Waals surface area (Å²) in [4.78, 5) is 16.3. The van der Waals surface area contributed by atoms with E-state index < -0.39 is 0 Å². The minimum Gasteiger partial charge on any atom is -0.496 e. The van der Waals surface area contributed by atoms with Gasteiger partial charge in [-0.05, 0) is 45.8 Å². The number of aromatic nitrogens is 1. The molecule has 0 radical (unpaired) electrons. The Morgan fingerprint density at radius 2 is 2.00 bits per heavy atom. The molecule has 98 valence electrons. The third-order valence-electron chi connectivity index (χ3n) is 2.59. The third-order valence-corrected chi connectivity index (χ3v) is 3.52. The molecule has 0 aliphatic carbocycles. The predicted octanol–water partition coefficient (Wildman–Crippen LogP) is 4.04. The number of pyridine rings is 1. The van der Waals surface area contributed by atoms with E-state index in [2.05, 4.69) is 36.8 Å². The number of carbonyl (C=O) groups excluding carboxylic acids is 1. The van der Waals surface area contributed by atoms with Gasteiger partial charge in [0.25, 0.3) is 0 Å². The fourth-order valence-corrected chi connectivity index (χ4v) is 2.48. The first-order valence-electron chi connectivity index (χ1n) is 5.56. The lowest BCUT2D eigenvalue weighted by Crippen LogP contribution is -2.06. The first kappa shape index (κ1) is 14.2. The smallest absolute Gasteiger partial charge is 0.171 e.